The Morgan fingerprint density at radius 1 is 1.04 bits per heavy atom. The predicted octanol–water partition coefficient (Wildman–Crippen LogP) is 4.31. The van der Waals surface area contributed by atoms with Crippen LogP contribution in [0.3, 0.4) is 0 Å². The molecule has 0 atom stereocenters. The first-order valence-electron chi connectivity index (χ1n) is 8.21. The molecule has 3 heteroatoms. The minimum absolute atomic E-state index is 0.144. The summed E-state index contributed by atoms with van der Waals surface area (Å²) in [6.45, 7) is 6.69. The number of aromatic nitrogens is 2. The van der Waals surface area contributed by atoms with Crippen molar-refractivity contribution < 1.29 is 9.30 Å². The molecule has 0 aliphatic carbocycles. The minimum Gasteiger partial charge on any atom is -0.457 e. The number of benzene rings is 2. The van der Waals surface area contributed by atoms with Crippen LogP contribution in [0.15, 0.2) is 55.0 Å². The molecule has 24 heavy (non-hydrogen) atoms. The number of hydrogen-bond donors (Lipinski definition) is 0. The summed E-state index contributed by atoms with van der Waals surface area (Å²) in [6, 6.07) is 12.5. The van der Waals surface area contributed by atoms with Gasteiger partial charge in [-0.15, -0.1) is 0 Å². The fourth-order valence-corrected chi connectivity index (χ4v) is 3.71. The molecule has 3 aromatic rings. The second kappa shape index (κ2) is 5.17. The van der Waals surface area contributed by atoms with Gasteiger partial charge in [0.05, 0.1) is 18.0 Å². The molecule has 0 N–H and O–H groups in total. The second-order valence-corrected chi connectivity index (χ2v) is 6.93. The summed E-state index contributed by atoms with van der Waals surface area (Å²) < 4.78 is 8.36. The minimum atomic E-state index is -0.144. The zero-order chi connectivity index (χ0) is 16.9. The summed E-state index contributed by atoms with van der Waals surface area (Å²) in [4.78, 5) is 4.34. The van der Waals surface area contributed by atoms with Gasteiger partial charge >= 0.3 is 0 Å². The van der Waals surface area contributed by atoms with Crippen molar-refractivity contribution in [1.29, 1.82) is 0 Å². The smallest absolute Gasteiger partial charge is 0.231 e. The first-order chi connectivity index (χ1) is 11.5. The zero-order valence-electron chi connectivity index (χ0n) is 14.5. The van der Waals surface area contributed by atoms with Gasteiger partial charge in [0.25, 0.3) is 0 Å². The Morgan fingerprint density at radius 2 is 1.83 bits per heavy atom. The maximum absolute atomic E-state index is 6.24. The van der Waals surface area contributed by atoms with Gasteiger partial charge in [-0.25, -0.2) is 0 Å². The molecule has 0 saturated carbocycles. The molecule has 0 spiro atoms. The van der Waals surface area contributed by atoms with Crippen LogP contribution in [-0.4, -0.2) is 4.98 Å². The lowest BCUT2D eigenvalue weighted by atomic mass is 9.72. The Hall–Kier alpha value is -2.68. The van der Waals surface area contributed by atoms with Gasteiger partial charge in [-0.1, -0.05) is 38.1 Å². The second-order valence-electron chi connectivity index (χ2n) is 6.93. The van der Waals surface area contributed by atoms with Crippen LogP contribution in [0, 0.1) is 6.92 Å². The summed E-state index contributed by atoms with van der Waals surface area (Å²) >= 11 is 0. The van der Waals surface area contributed by atoms with Crippen molar-refractivity contribution in [2.45, 2.75) is 26.2 Å². The third-order valence-electron chi connectivity index (χ3n) is 4.99. The Morgan fingerprint density at radius 3 is 2.62 bits per heavy atom. The number of aryl methyl sites for hydroxylation is 2. The Labute approximate surface area is 142 Å². The topological polar surface area (TPSA) is 26.0 Å². The highest BCUT2D eigenvalue weighted by molar-refractivity contribution is 5.74. The maximum Gasteiger partial charge on any atom is 0.231 e. The van der Waals surface area contributed by atoms with E-state index in [-0.39, 0.29) is 5.41 Å². The monoisotopic (exact) mass is 317 g/mol. The molecule has 0 radical (unpaired) electrons. The van der Waals surface area contributed by atoms with Gasteiger partial charge in [0.2, 0.25) is 5.69 Å². The van der Waals surface area contributed by atoms with E-state index in [0.717, 1.165) is 17.2 Å². The van der Waals surface area contributed by atoms with Crippen LogP contribution in [0.1, 0.15) is 30.5 Å². The number of nitrogens with zero attached hydrogens (tertiary/aromatic N) is 2. The van der Waals surface area contributed by atoms with Gasteiger partial charge in [0.1, 0.15) is 18.5 Å². The van der Waals surface area contributed by atoms with E-state index in [1.54, 1.807) is 0 Å². The van der Waals surface area contributed by atoms with Crippen LogP contribution in [-0.2, 0) is 12.5 Å². The average molecular weight is 317 g/mol. The highest BCUT2D eigenvalue weighted by Gasteiger charge is 2.38. The highest BCUT2D eigenvalue weighted by Crippen LogP contribution is 2.51. The zero-order valence-corrected chi connectivity index (χ0v) is 14.5. The molecule has 2 heterocycles. The summed E-state index contributed by atoms with van der Waals surface area (Å²) in [5.74, 6) is 1.88. The number of hydrogen-bond acceptors (Lipinski definition) is 2. The predicted molar refractivity (Wildman–Crippen MR) is 94.2 cm³/mol. The molecule has 2 aromatic carbocycles. The number of ether oxygens (including phenoxy) is 1. The van der Waals surface area contributed by atoms with E-state index in [0.29, 0.717) is 0 Å². The summed E-state index contributed by atoms with van der Waals surface area (Å²) in [7, 11) is 2.06. The molecule has 0 saturated heterocycles. The highest BCUT2D eigenvalue weighted by atomic mass is 16.5. The van der Waals surface area contributed by atoms with E-state index >= 15 is 0 Å². The molecule has 4 rings (SSSR count). The van der Waals surface area contributed by atoms with Crippen molar-refractivity contribution in [3.05, 3.63) is 71.7 Å². The van der Waals surface area contributed by atoms with Gasteiger partial charge in [-0.05, 0) is 24.6 Å². The molecular formula is C21H21N2O+. The van der Waals surface area contributed by atoms with E-state index in [2.05, 4.69) is 61.6 Å². The van der Waals surface area contributed by atoms with E-state index in [4.69, 9.17) is 4.74 Å². The van der Waals surface area contributed by atoms with Gasteiger partial charge in [0, 0.05) is 16.5 Å². The Kier molecular flexibility index (Phi) is 3.20. The third kappa shape index (κ3) is 2.04. The molecule has 3 nitrogen and oxygen atoms in total. The van der Waals surface area contributed by atoms with E-state index < -0.39 is 0 Å². The van der Waals surface area contributed by atoms with Crippen LogP contribution in [0.25, 0.3) is 11.3 Å². The molecule has 0 bridgehead atoms. The summed E-state index contributed by atoms with van der Waals surface area (Å²) in [6.07, 6.45) is 5.73. The summed E-state index contributed by atoms with van der Waals surface area (Å²) in [5, 5.41) is 0. The van der Waals surface area contributed by atoms with E-state index in [1.165, 1.54) is 22.3 Å². The van der Waals surface area contributed by atoms with Crippen molar-refractivity contribution in [2.75, 3.05) is 0 Å². The average Bonchev–Trinajstić information content (AvgIpc) is 2.56. The van der Waals surface area contributed by atoms with Crippen LogP contribution in [0.2, 0.25) is 0 Å². The number of para-hydroxylation sites is 1. The SMILES string of the molecule is Cc1ccc2c(c1-c1cncc[n+]1C)C(C)(C)c1ccccc1O2. The molecular weight excluding hydrogens is 296 g/mol. The van der Waals surface area contributed by atoms with Crippen molar-refractivity contribution in [1.82, 2.24) is 4.98 Å². The van der Waals surface area contributed by atoms with Crippen LogP contribution in [0.5, 0.6) is 11.5 Å². The van der Waals surface area contributed by atoms with Crippen molar-refractivity contribution in [3.8, 4) is 22.8 Å². The van der Waals surface area contributed by atoms with Gasteiger partial charge in [-0.3, -0.25) is 4.98 Å². The molecule has 0 unspecified atom stereocenters. The van der Waals surface area contributed by atoms with Gasteiger partial charge in [0.15, 0.2) is 6.20 Å². The van der Waals surface area contributed by atoms with E-state index in [1.807, 2.05) is 30.7 Å². The van der Waals surface area contributed by atoms with Gasteiger partial charge < -0.3 is 4.74 Å². The van der Waals surface area contributed by atoms with Crippen molar-refractivity contribution in [3.63, 3.8) is 0 Å². The molecule has 120 valence electrons. The lowest BCUT2D eigenvalue weighted by molar-refractivity contribution is -0.661. The molecule has 1 aromatic heterocycles. The number of fused-ring (bicyclic) bond motifs is 2. The lowest BCUT2D eigenvalue weighted by Crippen LogP contribution is -2.33. The summed E-state index contributed by atoms with van der Waals surface area (Å²) in [5.41, 5.74) is 5.84. The van der Waals surface area contributed by atoms with Crippen LogP contribution >= 0.6 is 0 Å². The molecule has 1 aliphatic heterocycles. The Balaban J connectivity index is 2.06. The lowest BCUT2D eigenvalue weighted by Gasteiger charge is -2.36. The first kappa shape index (κ1) is 14.9. The van der Waals surface area contributed by atoms with E-state index in [9.17, 15) is 0 Å². The number of rotatable bonds is 1. The van der Waals surface area contributed by atoms with Gasteiger partial charge in [-0.2, -0.15) is 4.57 Å². The first-order valence-corrected chi connectivity index (χ1v) is 8.21. The quantitative estimate of drug-likeness (QED) is 0.625. The van der Waals surface area contributed by atoms with Crippen molar-refractivity contribution in [2.24, 2.45) is 7.05 Å². The fourth-order valence-electron chi connectivity index (χ4n) is 3.71. The maximum atomic E-state index is 6.24. The fraction of sp³-hybridized carbons (Fsp3) is 0.238. The standard InChI is InChI=1S/C21H21N2O/c1-14-9-10-18-20(19(14)16-13-22-11-12-23(16)4)21(2,3)15-7-5-6-8-17(15)24-18/h5-13H,1-4H3/q+1. The molecule has 0 amide bonds. The van der Waals surface area contributed by atoms with Crippen molar-refractivity contribution >= 4 is 0 Å². The molecule has 0 fully saturated rings. The molecule has 1 aliphatic rings. The Bertz CT molecular complexity index is 944. The normalized spacial score (nSPS) is 14.5. The van der Waals surface area contributed by atoms with Crippen LogP contribution in [0.4, 0.5) is 0 Å². The third-order valence-corrected chi connectivity index (χ3v) is 4.99. The largest absolute Gasteiger partial charge is 0.457 e. The van der Waals surface area contributed by atoms with Crippen LogP contribution < -0.4 is 9.30 Å².